The Hall–Kier alpha value is -2.36. The first-order chi connectivity index (χ1) is 13.2. The number of aromatic hydroxyl groups is 1. The van der Waals surface area contributed by atoms with Gasteiger partial charge in [-0.1, -0.05) is 27.5 Å². The lowest BCUT2D eigenvalue weighted by atomic mass is 10.1. The van der Waals surface area contributed by atoms with Crippen molar-refractivity contribution in [3.63, 3.8) is 0 Å². The van der Waals surface area contributed by atoms with E-state index in [0.717, 1.165) is 33.4 Å². The molecule has 3 rings (SSSR count). The molecule has 1 amide bonds. The molecule has 0 saturated carbocycles. The van der Waals surface area contributed by atoms with Crippen LogP contribution in [-0.2, 0) is 4.79 Å². The highest BCUT2D eigenvalue weighted by Gasteiger charge is 2.26. The van der Waals surface area contributed by atoms with Gasteiger partial charge in [0.05, 0.1) is 15.5 Å². The van der Waals surface area contributed by atoms with Crippen molar-refractivity contribution in [2.45, 2.75) is 13.8 Å². The number of rotatable bonds is 3. The van der Waals surface area contributed by atoms with E-state index < -0.39 is 22.3 Å². The van der Waals surface area contributed by atoms with E-state index in [-0.39, 0.29) is 15.5 Å². The number of carbonyl (C=O) groups excluding carboxylic acids is 1. The first-order valence-corrected chi connectivity index (χ1v) is 9.87. The van der Waals surface area contributed by atoms with Crippen molar-refractivity contribution in [2.75, 3.05) is 0 Å². The quantitative estimate of drug-likeness (QED) is 0.354. The number of carbonyl (C=O) groups is 1. The van der Waals surface area contributed by atoms with Crippen LogP contribution in [0, 0.1) is 24.0 Å². The number of benzene rings is 2. The van der Waals surface area contributed by atoms with Crippen LogP contribution in [0.3, 0.4) is 0 Å². The smallest absolute Gasteiger partial charge is 0.312 e. The molecule has 1 saturated heterocycles. The first kappa shape index (κ1) is 20.4. The molecule has 0 unspecified atom stereocenters. The van der Waals surface area contributed by atoms with Gasteiger partial charge in [-0.2, -0.15) is 0 Å². The van der Waals surface area contributed by atoms with Gasteiger partial charge < -0.3 is 10.4 Å². The molecule has 0 radical (unpaired) electrons. The second-order valence-electron chi connectivity index (χ2n) is 6.00. The summed E-state index contributed by atoms with van der Waals surface area (Å²) in [6.45, 7) is 3.89. The highest BCUT2D eigenvalue weighted by Crippen LogP contribution is 2.37. The van der Waals surface area contributed by atoms with Crippen LogP contribution in [0.15, 0.2) is 38.6 Å². The molecule has 1 aliphatic rings. The lowest BCUT2D eigenvalue weighted by molar-refractivity contribution is -0.385. The minimum atomic E-state index is -0.740. The zero-order chi connectivity index (χ0) is 20.6. The SMILES string of the molecule is Cc1cc(N=C2NC(=O)/C(=C/c3cc(Cl)cc([N+](=O)[O-])c3O)S2)cc(C)c1Br. The zero-order valence-electron chi connectivity index (χ0n) is 14.6. The van der Waals surface area contributed by atoms with Crippen LogP contribution < -0.4 is 5.32 Å². The van der Waals surface area contributed by atoms with Gasteiger partial charge in [-0.05, 0) is 61.0 Å². The molecule has 1 heterocycles. The highest BCUT2D eigenvalue weighted by molar-refractivity contribution is 9.10. The molecule has 0 bridgehead atoms. The molecule has 0 atom stereocenters. The Bertz CT molecular complexity index is 1060. The molecule has 2 aromatic carbocycles. The molecule has 144 valence electrons. The Kier molecular flexibility index (Phi) is 5.78. The molecule has 2 N–H and O–H groups in total. The van der Waals surface area contributed by atoms with E-state index in [0.29, 0.717) is 10.9 Å². The van der Waals surface area contributed by atoms with Crippen molar-refractivity contribution in [3.8, 4) is 5.75 Å². The maximum atomic E-state index is 12.2. The van der Waals surface area contributed by atoms with Gasteiger partial charge in [0.1, 0.15) is 0 Å². The second kappa shape index (κ2) is 7.94. The fourth-order valence-electron chi connectivity index (χ4n) is 2.58. The molecular weight excluding hydrogens is 470 g/mol. The summed E-state index contributed by atoms with van der Waals surface area (Å²) in [5.74, 6) is -0.976. The van der Waals surface area contributed by atoms with Gasteiger partial charge in [-0.15, -0.1) is 0 Å². The summed E-state index contributed by atoms with van der Waals surface area (Å²) in [5, 5.41) is 24.2. The third-order valence-electron chi connectivity index (χ3n) is 3.87. The first-order valence-electron chi connectivity index (χ1n) is 7.89. The number of nitrogens with one attached hydrogen (secondary N) is 1. The number of phenols is 1. The molecule has 28 heavy (non-hydrogen) atoms. The largest absolute Gasteiger partial charge is 0.502 e. The number of hydrogen-bond acceptors (Lipinski definition) is 6. The van der Waals surface area contributed by atoms with Crippen LogP contribution in [0.25, 0.3) is 6.08 Å². The summed E-state index contributed by atoms with van der Waals surface area (Å²) >= 11 is 10.5. The Morgan fingerprint density at radius 2 is 1.93 bits per heavy atom. The average Bonchev–Trinajstić information content (AvgIpc) is 2.94. The van der Waals surface area contributed by atoms with Gasteiger partial charge in [0.15, 0.2) is 5.17 Å². The number of nitro groups is 1. The van der Waals surface area contributed by atoms with E-state index in [4.69, 9.17) is 11.6 Å². The summed E-state index contributed by atoms with van der Waals surface area (Å²) in [7, 11) is 0. The topological polar surface area (TPSA) is 105 Å². The summed E-state index contributed by atoms with van der Waals surface area (Å²) in [5.41, 5.74) is 2.26. The third kappa shape index (κ3) is 4.21. The Labute approximate surface area is 177 Å². The molecule has 0 aromatic heterocycles. The van der Waals surface area contributed by atoms with Gasteiger partial charge in [-0.3, -0.25) is 14.9 Å². The van der Waals surface area contributed by atoms with Gasteiger partial charge in [0, 0.05) is 21.1 Å². The molecule has 10 heteroatoms. The molecule has 1 fully saturated rings. The fraction of sp³-hybridized carbons (Fsp3) is 0.111. The van der Waals surface area contributed by atoms with E-state index in [2.05, 4.69) is 26.2 Å². The molecule has 2 aromatic rings. The zero-order valence-corrected chi connectivity index (χ0v) is 17.8. The number of aliphatic imine (C=N–C) groups is 1. The molecule has 0 aliphatic carbocycles. The van der Waals surface area contributed by atoms with Crippen molar-refractivity contribution in [1.82, 2.24) is 5.32 Å². The number of amidine groups is 1. The second-order valence-corrected chi connectivity index (χ2v) is 8.26. The van der Waals surface area contributed by atoms with Gasteiger partial charge in [0.2, 0.25) is 5.75 Å². The predicted molar refractivity (Wildman–Crippen MR) is 114 cm³/mol. The lowest BCUT2D eigenvalue weighted by Gasteiger charge is -2.05. The fourth-order valence-corrected chi connectivity index (χ4v) is 3.86. The van der Waals surface area contributed by atoms with E-state index in [1.165, 1.54) is 12.1 Å². The number of thioether (sulfide) groups is 1. The minimum Gasteiger partial charge on any atom is -0.502 e. The van der Waals surface area contributed by atoms with Crippen LogP contribution in [0.1, 0.15) is 16.7 Å². The van der Waals surface area contributed by atoms with Crippen LogP contribution in [0.2, 0.25) is 5.02 Å². The number of halogens is 2. The molecule has 1 aliphatic heterocycles. The van der Waals surface area contributed by atoms with Crippen LogP contribution >= 0.6 is 39.3 Å². The van der Waals surface area contributed by atoms with E-state index in [1.807, 2.05) is 26.0 Å². The van der Waals surface area contributed by atoms with Gasteiger partial charge in [0.25, 0.3) is 5.91 Å². The predicted octanol–water partition coefficient (Wildman–Crippen LogP) is 5.22. The number of phenolic OH excluding ortho intramolecular Hbond substituents is 1. The van der Waals surface area contributed by atoms with Gasteiger partial charge in [-0.25, -0.2) is 4.99 Å². The monoisotopic (exact) mass is 481 g/mol. The number of amides is 1. The number of nitro benzene ring substituents is 1. The van der Waals surface area contributed by atoms with Crippen LogP contribution in [0.5, 0.6) is 5.75 Å². The lowest BCUT2D eigenvalue weighted by Crippen LogP contribution is -2.19. The maximum Gasteiger partial charge on any atom is 0.312 e. The van der Waals surface area contributed by atoms with Crippen molar-refractivity contribution in [3.05, 3.63) is 65.5 Å². The van der Waals surface area contributed by atoms with Crippen molar-refractivity contribution < 1.29 is 14.8 Å². The Morgan fingerprint density at radius 1 is 1.29 bits per heavy atom. The normalized spacial score (nSPS) is 16.6. The molecular formula is C18H13BrClN3O4S. The number of aryl methyl sites for hydroxylation is 2. The van der Waals surface area contributed by atoms with Crippen molar-refractivity contribution in [1.29, 1.82) is 0 Å². The molecule has 0 spiro atoms. The standard InChI is InChI=1S/C18H13BrClN3O4S/c1-8-3-12(4-9(2)15(8)19)21-18-22-17(25)14(28-18)6-10-5-11(20)7-13(16(10)24)23(26)27/h3-7,24H,1-2H3,(H,21,22,25)/b14-6-. The maximum absolute atomic E-state index is 12.2. The Morgan fingerprint density at radius 3 is 2.54 bits per heavy atom. The van der Waals surface area contributed by atoms with Crippen molar-refractivity contribution in [2.24, 2.45) is 4.99 Å². The van der Waals surface area contributed by atoms with E-state index in [1.54, 1.807) is 0 Å². The summed E-state index contributed by atoms with van der Waals surface area (Å²) < 4.78 is 0.998. The average molecular weight is 483 g/mol. The van der Waals surface area contributed by atoms with Crippen LogP contribution in [0.4, 0.5) is 11.4 Å². The summed E-state index contributed by atoms with van der Waals surface area (Å²) in [6, 6.07) is 6.16. The number of hydrogen-bond donors (Lipinski definition) is 2. The van der Waals surface area contributed by atoms with Crippen molar-refractivity contribution >= 4 is 67.8 Å². The summed E-state index contributed by atoms with van der Waals surface area (Å²) in [6.07, 6.45) is 1.34. The van der Waals surface area contributed by atoms with Crippen LogP contribution in [-0.4, -0.2) is 21.1 Å². The highest BCUT2D eigenvalue weighted by atomic mass is 79.9. The molecule has 7 nitrogen and oxygen atoms in total. The van der Waals surface area contributed by atoms with E-state index >= 15 is 0 Å². The third-order valence-corrected chi connectivity index (χ3v) is 6.25. The Balaban J connectivity index is 1.95. The van der Waals surface area contributed by atoms with Gasteiger partial charge >= 0.3 is 5.69 Å². The van der Waals surface area contributed by atoms with E-state index in [9.17, 15) is 20.0 Å². The minimum absolute atomic E-state index is 0.0773. The summed E-state index contributed by atoms with van der Waals surface area (Å²) in [4.78, 5) is 27.2. The number of nitrogens with zero attached hydrogens (tertiary/aromatic N) is 2.